The van der Waals surface area contributed by atoms with E-state index in [1.165, 1.54) is 4.90 Å². The van der Waals surface area contributed by atoms with Crippen LogP contribution in [-0.2, 0) is 9.53 Å². The second-order valence-corrected chi connectivity index (χ2v) is 6.68. The number of hydrogen-bond acceptors (Lipinski definition) is 6. The lowest BCUT2D eigenvalue weighted by Crippen LogP contribution is -2.51. The van der Waals surface area contributed by atoms with Gasteiger partial charge in [0.15, 0.2) is 6.10 Å². The highest BCUT2D eigenvalue weighted by molar-refractivity contribution is 6.06. The number of carbonyl (C=O) groups is 2. The Morgan fingerprint density at radius 2 is 2.08 bits per heavy atom. The van der Waals surface area contributed by atoms with E-state index in [9.17, 15) is 14.7 Å². The van der Waals surface area contributed by atoms with E-state index in [1.54, 1.807) is 19.9 Å². The van der Waals surface area contributed by atoms with Crippen LogP contribution in [-0.4, -0.2) is 57.3 Å². The maximum atomic E-state index is 13.1. The quantitative estimate of drug-likeness (QED) is 0.904. The number of aromatic nitrogens is 2. The molecule has 2 atom stereocenters. The monoisotopic (exact) mass is 347 g/mol. The van der Waals surface area contributed by atoms with E-state index in [4.69, 9.17) is 9.26 Å². The molecule has 1 N–H and O–H groups in total. The molecule has 3 heterocycles. The Labute approximate surface area is 144 Å². The molecule has 1 aliphatic heterocycles. The topological polar surface area (TPSA) is 106 Å². The Hall–Kier alpha value is -2.48. The first-order chi connectivity index (χ1) is 11.8. The van der Waals surface area contributed by atoms with Crippen LogP contribution in [0.25, 0.3) is 11.1 Å². The molecular weight excluding hydrogens is 326 g/mol. The number of ether oxygens (including phenoxy) is 1. The fourth-order valence-electron chi connectivity index (χ4n) is 3.00. The summed E-state index contributed by atoms with van der Waals surface area (Å²) in [4.78, 5) is 30.3. The largest absolute Gasteiger partial charge is 0.479 e. The van der Waals surface area contributed by atoms with E-state index in [0.29, 0.717) is 28.9 Å². The van der Waals surface area contributed by atoms with Crippen molar-refractivity contribution in [1.82, 2.24) is 15.0 Å². The number of rotatable bonds is 3. The van der Waals surface area contributed by atoms with E-state index >= 15 is 0 Å². The van der Waals surface area contributed by atoms with Crippen LogP contribution in [0.15, 0.2) is 10.6 Å². The van der Waals surface area contributed by atoms with Crippen molar-refractivity contribution in [2.45, 2.75) is 45.8 Å². The summed E-state index contributed by atoms with van der Waals surface area (Å²) in [6.45, 7) is 7.78. The van der Waals surface area contributed by atoms with Gasteiger partial charge in [-0.25, -0.2) is 9.78 Å². The first-order valence-corrected chi connectivity index (χ1v) is 8.22. The minimum absolute atomic E-state index is 0.00363. The summed E-state index contributed by atoms with van der Waals surface area (Å²) in [6, 6.07) is 1.75. The number of aliphatic carboxylic acids is 1. The van der Waals surface area contributed by atoms with Gasteiger partial charge < -0.3 is 19.3 Å². The average molecular weight is 347 g/mol. The van der Waals surface area contributed by atoms with Crippen LogP contribution in [0.5, 0.6) is 0 Å². The second kappa shape index (κ2) is 6.44. The van der Waals surface area contributed by atoms with Gasteiger partial charge in [-0.1, -0.05) is 19.0 Å². The van der Waals surface area contributed by atoms with E-state index in [0.717, 1.165) is 5.69 Å². The third-order valence-electron chi connectivity index (χ3n) is 4.28. The van der Waals surface area contributed by atoms with Crippen LogP contribution in [0.4, 0.5) is 0 Å². The molecule has 0 aliphatic carbocycles. The summed E-state index contributed by atoms with van der Waals surface area (Å²) >= 11 is 0. The highest BCUT2D eigenvalue weighted by Crippen LogP contribution is 2.27. The molecule has 134 valence electrons. The van der Waals surface area contributed by atoms with Gasteiger partial charge in [-0.05, 0) is 25.8 Å². The number of fused-ring (bicyclic) bond motifs is 1. The summed E-state index contributed by atoms with van der Waals surface area (Å²) < 4.78 is 10.6. The smallest absolute Gasteiger partial charge is 0.334 e. The van der Waals surface area contributed by atoms with E-state index in [1.807, 2.05) is 13.8 Å². The molecule has 0 radical (unpaired) electrons. The fraction of sp³-hybridized carbons (Fsp3) is 0.529. The number of pyridine rings is 1. The highest BCUT2D eigenvalue weighted by atomic mass is 16.5. The number of morpholine rings is 1. The predicted molar refractivity (Wildman–Crippen MR) is 88.5 cm³/mol. The number of carbonyl (C=O) groups excluding carboxylic acids is 1. The third kappa shape index (κ3) is 3.21. The number of aryl methyl sites for hydroxylation is 1. The molecule has 2 aromatic heterocycles. The molecule has 3 rings (SSSR count). The van der Waals surface area contributed by atoms with Crippen molar-refractivity contribution < 1.29 is 24.0 Å². The van der Waals surface area contributed by atoms with Crippen LogP contribution in [0.3, 0.4) is 0 Å². The average Bonchev–Trinajstić information content (AvgIpc) is 2.94. The minimum atomic E-state index is -1.08. The molecule has 2 aromatic rings. The van der Waals surface area contributed by atoms with Crippen LogP contribution >= 0.6 is 0 Å². The Kier molecular flexibility index (Phi) is 4.47. The van der Waals surface area contributed by atoms with Crippen LogP contribution in [0.2, 0.25) is 0 Å². The van der Waals surface area contributed by atoms with Gasteiger partial charge in [0.25, 0.3) is 11.6 Å². The SMILES string of the molecule is Cc1noc2nc(C(C)C)cc(C(=O)N3CC(C(=O)O)O[C@H](C)C3)c12. The zero-order chi connectivity index (χ0) is 18.3. The van der Waals surface area contributed by atoms with Gasteiger partial charge in [0, 0.05) is 12.2 Å². The summed E-state index contributed by atoms with van der Waals surface area (Å²) in [7, 11) is 0. The van der Waals surface area contributed by atoms with Crippen LogP contribution < -0.4 is 0 Å². The Balaban J connectivity index is 2.04. The van der Waals surface area contributed by atoms with Crippen molar-refractivity contribution in [1.29, 1.82) is 0 Å². The summed E-state index contributed by atoms with van der Waals surface area (Å²) in [6.07, 6.45) is -1.39. The lowest BCUT2D eigenvalue weighted by Gasteiger charge is -2.35. The summed E-state index contributed by atoms with van der Waals surface area (Å²) in [5.41, 5.74) is 2.06. The molecule has 1 amide bonds. The van der Waals surface area contributed by atoms with E-state index < -0.39 is 12.1 Å². The molecule has 1 unspecified atom stereocenters. The molecule has 1 saturated heterocycles. The normalized spacial score (nSPS) is 21.1. The number of nitrogens with zero attached hydrogens (tertiary/aromatic N) is 3. The molecule has 0 saturated carbocycles. The molecule has 0 bridgehead atoms. The van der Waals surface area contributed by atoms with Crippen molar-refractivity contribution in [3.05, 3.63) is 23.0 Å². The molecule has 8 nitrogen and oxygen atoms in total. The van der Waals surface area contributed by atoms with Crippen molar-refractivity contribution in [2.75, 3.05) is 13.1 Å². The Morgan fingerprint density at radius 1 is 1.36 bits per heavy atom. The summed E-state index contributed by atoms with van der Waals surface area (Å²) in [5, 5.41) is 13.7. The van der Waals surface area contributed by atoms with E-state index in [2.05, 4.69) is 10.1 Å². The van der Waals surface area contributed by atoms with Crippen LogP contribution in [0.1, 0.15) is 48.4 Å². The Bertz CT molecular complexity index is 829. The maximum absolute atomic E-state index is 13.1. The van der Waals surface area contributed by atoms with E-state index in [-0.39, 0.29) is 24.5 Å². The molecule has 1 fully saturated rings. The zero-order valence-corrected chi connectivity index (χ0v) is 14.6. The molecule has 1 aliphatic rings. The van der Waals surface area contributed by atoms with Crippen LogP contribution in [0, 0.1) is 6.92 Å². The van der Waals surface area contributed by atoms with Gasteiger partial charge in [0.05, 0.1) is 29.3 Å². The van der Waals surface area contributed by atoms with Gasteiger partial charge in [-0.3, -0.25) is 4.79 Å². The number of amides is 1. The van der Waals surface area contributed by atoms with Crippen molar-refractivity contribution in [2.24, 2.45) is 0 Å². The number of hydrogen-bond donors (Lipinski definition) is 1. The first kappa shape index (κ1) is 17.3. The minimum Gasteiger partial charge on any atom is -0.479 e. The van der Waals surface area contributed by atoms with Crippen molar-refractivity contribution in [3.63, 3.8) is 0 Å². The molecule has 0 spiro atoms. The van der Waals surface area contributed by atoms with Gasteiger partial charge in [-0.2, -0.15) is 0 Å². The highest BCUT2D eigenvalue weighted by Gasteiger charge is 2.34. The molecule has 8 heteroatoms. The lowest BCUT2D eigenvalue weighted by atomic mass is 10.0. The first-order valence-electron chi connectivity index (χ1n) is 8.22. The van der Waals surface area contributed by atoms with Crippen molar-refractivity contribution in [3.8, 4) is 0 Å². The predicted octanol–water partition coefficient (Wildman–Crippen LogP) is 1.97. The Morgan fingerprint density at radius 3 is 2.72 bits per heavy atom. The lowest BCUT2D eigenvalue weighted by molar-refractivity contribution is -0.160. The molecule has 25 heavy (non-hydrogen) atoms. The number of carboxylic acids is 1. The number of carboxylic acid groups (broad SMARTS) is 1. The standard InChI is InChI=1S/C17H21N3O5/c1-8(2)12-5-11(14-10(4)19-25-15(14)18-12)16(21)20-6-9(3)24-13(7-20)17(22)23/h5,8-9,13H,6-7H2,1-4H3,(H,22,23)/t9-,13?/m1/s1. The molecular formula is C17H21N3O5. The second-order valence-electron chi connectivity index (χ2n) is 6.68. The zero-order valence-electron chi connectivity index (χ0n) is 14.6. The maximum Gasteiger partial charge on any atom is 0.334 e. The van der Waals surface area contributed by atoms with Crippen molar-refractivity contribution >= 4 is 23.0 Å². The molecule has 0 aromatic carbocycles. The summed E-state index contributed by atoms with van der Waals surface area (Å²) in [5.74, 6) is -1.23. The van der Waals surface area contributed by atoms with Gasteiger partial charge in [0.1, 0.15) is 0 Å². The fourth-order valence-corrected chi connectivity index (χ4v) is 3.00. The van der Waals surface area contributed by atoms with Gasteiger partial charge in [0.2, 0.25) is 0 Å². The third-order valence-corrected chi connectivity index (χ3v) is 4.28. The van der Waals surface area contributed by atoms with Gasteiger partial charge >= 0.3 is 5.97 Å². The van der Waals surface area contributed by atoms with Gasteiger partial charge in [-0.15, -0.1) is 0 Å².